The molecule has 3 unspecified atom stereocenters. The Morgan fingerprint density at radius 3 is 2.14 bits per heavy atom. The fourth-order valence-corrected chi connectivity index (χ4v) is 5.50. The van der Waals surface area contributed by atoms with Gasteiger partial charge in [-0.05, 0) is 57.0 Å². The minimum absolute atomic E-state index is 0.862. The molecule has 3 heterocycles. The maximum Gasteiger partial charge on any atom is 0.0223 e. The van der Waals surface area contributed by atoms with Crippen molar-refractivity contribution in [2.24, 2.45) is 17.8 Å². The molecule has 0 N–H and O–H groups in total. The first-order chi connectivity index (χ1) is 10.2. The highest BCUT2D eigenvalue weighted by Gasteiger charge is 2.46. The highest BCUT2D eigenvalue weighted by atomic mass is 15.3. The van der Waals surface area contributed by atoms with Gasteiger partial charge in [-0.3, -0.25) is 9.80 Å². The largest absolute Gasteiger partial charge is 0.305 e. The minimum atomic E-state index is 0.862. The van der Waals surface area contributed by atoms with Gasteiger partial charge in [0.2, 0.25) is 0 Å². The van der Waals surface area contributed by atoms with Crippen LogP contribution in [0.5, 0.6) is 0 Å². The quantitative estimate of drug-likeness (QED) is 0.789. The Bertz CT molecular complexity index is 351. The number of likely N-dealkylation sites (tertiary alicyclic amines) is 3. The summed E-state index contributed by atoms with van der Waals surface area (Å²) in [4.78, 5) is 8.19. The molecule has 3 atom stereocenters. The summed E-state index contributed by atoms with van der Waals surface area (Å²) in [5.74, 6) is 3.05. The molecule has 3 saturated heterocycles. The monoisotopic (exact) mass is 291 g/mol. The van der Waals surface area contributed by atoms with E-state index >= 15 is 0 Å². The molecule has 3 nitrogen and oxygen atoms in total. The molecular formula is C18H33N3. The van der Waals surface area contributed by atoms with Crippen LogP contribution >= 0.6 is 0 Å². The van der Waals surface area contributed by atoms with Crippen LogP contribution in [0.1, 0.15) is 39.0 Å². The molecule has 0 aromatic rings. The topological polar surface area (TPSA) is 9.72 Å². The van der Waals surface area contributed by atoms with Crippen LogP contribution in [0.25, 0.3) is 0 Å². The number of likely N-dealkylation sites (N-methyl/N-ethyl adjacent to an activating group) is 1. The summed E-state index contributed by atoms with van der Waals surface area (Å²) in [6.45, 7) is 10.6. The molecule has 0 spiro atoms. The van der Waals surface area contributed by atoms with Crippen molar-refractivity contribution in [3.8, 4) is 0 Å². The van der Waals surface area contributed by atoms with Crippen LogP contribution in [0.2, 0.25) is 0 Å². The normalized spacial score (nSPS) is 43.1. The molecule has 0 bridgehead atoms. The van der Waals surface area contributed by atoms with Crippen LogP contribution in [-0.4, -0.2) is 73.1 Å². The summed E-state index contributed by atoms with van der Waals surface area (Å²) in [5.41, 5.74) is 0. The third kappa shape index (κ3) is 2.77. The van der Waals surface area contributed by atoms with E-state index < -0.39 is 0 Å². The van der Waals surface area contributed by atoms with Gasteiger partial charge in [0, 0.05) is 44.8 Å². The molecule has 120 valence electrons. The first-order valence-electron chi connectivity index (χ1n) is 9.39. The van der Waals surface area contributed by atoms with Gasteiger partial charge in [-0.2, -0.15) is 0 Å². The van der Waals surface area contributed by atoms with Gasteiger partial charge in [-0.1, -0.05) is 13.3 Å². The molecule has 4 fully saturated rings. The number of nitrogens with zero attached hydrogens (tertiary/aromatic N) is 3. The Morgan fingerprint density at radius 1 is 0.857 bits per heavy atom. The zero-order valence-corrected chi connectivity index (χ0v) is 14.0. The molecule has 1 aliphatic carbocycles. The van der Waals surface area contributed by atoms with E-state index in [9.17, 15) is 0 Å². The van der Waals surface area contributed by atoms with Crippen LogP contribution in [0.3, 0.4) is 0 Å². The van der Waals surface area contributed by atoms with Crippen LogP contribution < -0.4 is 0 Å². The SMILES string of the molecule is CCC1CN(C2CC3CN(C4CCCN(C)C4)CC3C2)C1. The smallest absolute Gasteiger partial charge is 0.0223 e. The van der Waals surface area contributed by atoms with Gasteiger partial charge >= 0.3 is 0 Å². The van der Waals surface area contributed by atoms with E-state index in [2.05, 4.69) is 28.7 Å². The van der Waals surface area contributed by atoms with Gasteiger partial charge in [-0.25, -0.2) is 0 Å². The summed E-state index contributed by atoms with van der Waals surface area (Å²) < 4.78 is 0. The van der Waals surface area contributed by atoms with E-state index in [1.54, 1.807) is 0 Å². The Hall–Kier alpha value is -0.120. The van der Waals surface area contributed by atoms with Crippen LogP contribution in [0, 0.1) is 17.8 Å². The van der Waals surface area contributed by atoms with Gasteiger partial charge in [-0.15, -0.1) is 0 Å². The van der Waals surface area contributed by atoms with E-state index in [1.165, 1.54) is 71.4 Å². The zero-order valence-electron chi connectivity index (χ0n) is 14.0. The van der Waals surface area contributed by atoms with Crippen molar-refractivity contribution in [2.75, 3.05) is 46.3 Å². The van der Waals surface area contributed by atoms with Crippen molar-refractivity contribution in [3.63, 3.8) is 0 Å². The van der Waals surface area contributed by atoms with Crippen molar-refractivity contribution in [1.29, 1.82) is 0 Å². The van der Waals surface area contributed by atoms with Crippen LogP contribution in [-0.2, 0) is 0 Å². The second-order valence-corrected chi connectivity index (χ2v) is 8.39. The lowest BCUT2D eigenvalue weighted by Gasteiger charge is -2.43. The van der Waals surface area contributed by atoms with Gasteiger partial charge in [0.25, 0.3) is 0 Å². The van der Waals surface area contributed by atoms with Gasteiger partial charge < -0.3 is 4.90 Å². The highest BCUT2D eigenvalue weighted by molar-refractivity contribution is 5.00. The number of piperidine rings is 1. The minimum Gasteiger partial charge on any atom is -0.305 e. The van der Waals surface area contributed by atoms with Gasteiger partial charge in [0.15, 0.2) is 0 Å². The first kappa shape index (κ1) is 14.5. The summed E-state index contributed by atoms with van der Waals surface area (Å²) in [6.07, 6.45) is 7.23. The predicted molar refractivity (Wildman–Crippen MR) is 87.4 cm³/mol. The Morgan fingerprint density at radius 2 is 1.52 bits per heavy atom. The van der Waals surface area contributed by atoms with Gasteiger partial charge in [0.1, 0.15) is 0 Å². The summed E-state index contributed by atoms with van der Waals surface area (Å²) in [5, 5.41) is 0. The van der Waals surface area contributed by atoms with E-state index in [1.807, 2.05) is 0 Å². The van der Waals surface area contributed by atoms with Gasteiger partial charge in [0.05, 0.1) is 0 Å². The average Bonchev–Trinajstić information content (AvgIpc) is 2.96. The number of rotatable bonds is 3. The number of fused-ring (bicyclic) bond motifs is 1. The third-order valence-corrected chi connectivity index (χ3v) is 6.95. The molecular weight excluding hydrogens is 258 g/mol. The molecule has 0 amide bonds. The third-order valence-electron chi connectivity index (χ3n) is 6.95. The Labute approximate surface area is 130 Å². The van der Waals surface area contributed by atoms with E-state index in [4.69, 9.17) is 0 Å². The standard InChI is InChI=1S/C18H33N3/c1-3-14-9-20(10-14)18-7-15-11-21(12-16(15)8-18)17-5-4-6-19(2)13-17/h14-18H,3-13H2,1-2H3. The molecule has 4 rings (SSSR count). The lowest BCUT2D eigenvalue weighted by atomic mass is 9.94. The van der Waals surface area contributed by atoms with Crippen LogP contribution in [0.15, 0.2) is 0 Å². The maximum absolute atomic E-state index is 2.85. The summed E-state index contributed by atoms with van der Waals surface area (Å²) in [6, 6.07) is 1.81. The number of hydrogen-bond acceptors (Lipinski definition) is 3. The van der Waals surface area contributed by atoms with Crippen molar-refractivity contribution in [3.05, 3.63) is 0 Å². The average molecular weight is 291 g/mol. The number of hydrogen-bond donors (Lipinski definition) is 0. The Kier molecular flexibility index (Phi) is 4.01. The fourth-order valence-electron chi connectivity index (χ4n) is 5.50. The molecule has 3 aliphatic heterocycles. The summed E-state index contributed by atoms with van der Waals surface area (Å²) >= 11 is 0. The molecule has 0 radical (unpaired) electrons. The lowest BCUT2D eigenvalue weighted by Crippen LogP contribution is -2.51. The van der Waals surface area contributed by atoms with E-state index in [0.717, 1.165) is 29.8 Å². The van der Waals surface area contributed by atoms with Crippen molar-refractivity contribution in [2.45, 2.75) is 51.1 Å². The van der Waals surface area contributed by atoms with Crippen molar-refractivity contribution in [1.82, 2.24) is 14.7 Å². The van der Waals surface area contributed by atoms with Crippen LogP contribution in [0.4, 0.5) is 0 Å². The molecule has 0 aromatic heterocycles. The predicted octanol–water partition coefficient (Wildman–Crippen LogP) is 2.13. The molecule has 3 heteroatoms. The van der Waals surface area contributed by atoms with E-state index in [-0.39, 0.29) is 0 Å². The van der Waals surface area contributed by atoms with Crippen molar-refractivity contribution >= 4 is 0 Å². The first-order valence-corrected chi connectivity index (χ1v) is 9.39. The lowest BCUT2D eigenvalue weighted by molar-refractivity contribution is 0.0451. The molecule has 4 aliphatic rings. The zero-order chi connectivity index (χ0) is 14.4. The molecule has 0 aromatic carbocycles. The highest BCUT2D eigenvalue weighted by Crippen LogP contribution is 2.43. The van der Waals surface area contributed by atoms with E-state index in [0.29, 0.717) is 0 Å². The molecule has 1 saturated carbocycles. The summed E-state index contributed by atoms with van der Waals surface area (Å²) in [7, 11) is 2.30. The second-order valence-electron chi connectivity index (χ2n) is 8.39. The second kappa shape index (κ2) is 5.82. The Balaban J connectivity index is 1.28. The van der Waals surface area contributed by atoms with Crippen molar-refractivity contribution < 1.29 is 0 Å². The fraction of sp³-hybridized carbons (Fsp3) is 1.00. The maximum atomic E-state index is 2.85. The molecule has 21 heavy (non-hydrogen) atoms.